The van der Waals surface area contributed by atoms with E-state index in [1.165, 1.54) is 37.6 Å². The third-order valence-electron chi connectivity index (χ3n) is 13.3. The molecule has 366 valence electrons. The van der Waals surface area contributed by atoms with Crippen LogP contribution in [-0.4, -0.2) is 57.8 Å². The number of benzene rings is 4. The van der Waals surface area contributed by atoms with E-state index in [-0.39, 0.29) is 23.0 Å². The van der Waals surface area contributed by atoms with Crippen LogP contribution < -0.4 is 4.90 Å². The molecular weight excluding hydrogens is 949 g/mol. The van der Waals surface area contributed by atoms with Crippen LogP contribution >= 0.6 is 34.4 Å². The third kappa shape index (κ3) is 11.2. The van der Waals surface area contributed by atoms with Gasteiger partial charge in [-0.25, -0.2) is 0 Å². The normalized spacial score (nSPS) is 15.2. The molecule has 4 aromatic carbocycles. The van der Waals surface area contributed by atoms with E-state index in [1.54, 1.807) is 17.4 Å². The molecule has 1 saturated heterocycles. The van der Waals surface area contributed by atoms with Gasteiger partial charge in [0, 0.05) is 58.1 Å². The third-order valence-corrected chi connectivity index (χ3v) is 16.4. The first-order chi connectivity index (χ1) is 35.2. The number of carbonyl (C=O) groups is 4. The summed E-state index contributed by atoms with van der Waals surface area (Å²) in [4.78, 5) is 66.1. The summed E-state index contributed by atoms with van der Waals surface area (Å²) >= 11 is 3.96. The minimum Gasteiger partial charge on any atom is -0.311 e. The molecule has 0 bridgehead atoms. The maximum absolute atomic E-state index is 15.0. The topological polar surface area (TPSA) is 81.2 Å². The van der Waals surface area contributed by atoms with Gasteiger partial charge in [-0.2, -0.15) is 0 Å². The van der Waals surface area contributed by atoms with Crippen LogP contribution in [0.2, 0.25) is 0 Å². The first-order valence-corrected chi connectivity index (χ1v) is 27.9. The number of para-hydroxylation sites is 2. The van der Waals surface area contributed by atoms with Gasteiger partial charge in [-0.05, 0) is 121 Å². The van der Waals surface area contributed by atoms with Crippen molar-refractivity contribution in [1.29, 1.82) is 0 Å². The highest BCUT2D eigenvalue weighted by Gasteiger charge is 2.49. The fraction of sp³-hybridized carbons (Fsp3) is 0.279. The van der Waals surface area contributed by atoms with Crippen LogP contribution in [0.5, 0.6) is 0 Å². The average Bonchev–Trinajstić information content (AvgIpc) is 4.24. The maximum Gasteiger partial charge on any atom is 0.293 e. The number of anilines is 3. The number of fused-ring (bicyclic) bond motifs is 1. The quantitative estimate of drug-likeness (QED) is 0.0406. The van der Waals surface area contributed by atoms with Crippen LogP contribution in [0.15, 0.2) is 150 Å². The summed E-state index contributed by atoms with van der Waals surface area (Å²) in [6, 6.07) is 45.3. The van der Waals surface area contributed by atoms with Crippen molar-refractivity contribution in [1.82, 2.24) is 14.7 Å². The van der Waals surface area contributed by atoms with Crippen LogP contribution in [0, 0.1) is 11.8 Å². The van der Waals surface area contributed by atoms with Gasteiger partial charge in [0.25, 0.3) is 23.0 Å². The molecule has 4 amide bonds. The number of likely N-dealkylation sites (N-methyl/N-ethyl adjacent to an activating group) is 1. The molecule has 3 aliphatic heterocycles. The smallest absolute Gasteiger partial charge is 0.293 e. The number of unbranched alkanes of at least 4 members (excludes halogenated alkanes) is 10. The summed E-state index contributed by atoms with van der Waals surface area (Å²) in [5.41, 5.74) is 8.36. The standard InChI is InChI=1S/C61H60N4O4S3/c1-4-6-8-10-12-20-40-63-56(51-37-36-49(70-51)42-53-58(66)62(3)61(69)72-53)54-55(60(63)68)57(64(59(54)67)41-21-13-11-9-7-5-2)52-39-38-50(71-52)45-32-28-43(29-33-45)26-27-44-30-34-48(35-31-44)65(46-22-16-14-17-23-46)47-24-18-15-19-25-47/h14-19,22-25,28-39,42H,4-13,20-21,40-41H2,1-3H3/b53-42-. The molecule has 0 aliphatic carbocycles. The Kier molecular flexibility index (Phi) is 16.5. The zero-order valence-corrected chi connectivity index (χ0v) is 43.8. The fourth-order valence-corrected chi connectivity index (χ4v) is 12.4. The van der Waals surface area contributed by atoms with Gasteiger partial charge < -0.3 is 14.7 Å². The Balaban J connectivity index is 1.00. The van der Waals surface area contributed by atoms with Gasteiger partial charge in [-0.1, -0.05) is 138 Å². The molecule has 2 aromatic heterocycles. The van der Waals surface area contributed by atoms with Gasteiger partial charge in [0.2, 0.25) is 0 Å². The molecule has 0 spiro atoms. The fourth-order valence-electron chi connectivity index (χ4n) is 9.45. The first-order valence-electron chi connectivity index (χ1n) is 25.4. The van der Waals surface area contributed by atoms with E-state index >= 15 is 9.59 Å². The van der Waals surface area contributed by atoms with Gasteiger partial charge >= 0.3 is 0 Å². The van der Waals surface area contributed by atoms with Gasteiger partial charge in [0.1, 0.15) is 0 Å². The maximum atomic E-state index is 15.0. The number of thiophene rings is 2. The number of hydrogen-bond donors (Lipinski definition) is 0. The van der Waals surface area contributed by atoms with Crippen molar-refractivity contribution in [3.63, 3.8) is 0 Å². The second-order valence-electron chi connectivity index (χ2n) is 18.4. The zero-order chi connectivity index (χ0) is 50.0. The number of nitrogens with zero attached hydrogens (tertiary/aromatic N) is 4. The van der Waals surface area contributed by atoms with E-state index < -0.39 is 0 Å². The van der Waals surface area contributed by atoms with Crippen molar-refractivity contribution >= 4 is 91.9 Å². The molecule has 0 radical (unpaired) electrons. The lowest BCUT2D eigenvalue weighted by Crippen LogP contribution is -2.30. The summed E-state index contributed by atoms with van der Waals surface area (Å²) in [7, 11) is 1.49. The highest BCUT2D eigenvalue weighted by molar-refractivity contribution is 8.18. The zero-order valence-electron chi connectivity index (χ0n) is 41.3. The molecule has 6 aromatic rings. The number of rotatable bonds is 21. The largest absolute Gasteiger partial charge is 0.311 e. The van der Waals surface area contributed by atoms with E-state index in [0.29, 0.717) is 40.5 Å². The molecule has 0 atom stereocenters. The summed E-state index contributed by atoms with van der Waals surface area (Å²) in [5, 5.41) is -0.309. The second kappa shape index (κ2) is 23.7. The van der Waals surface area contributed by atoms with E-state index in [2.05, 4.69) is 128 Å². The lowest BCUT2D eigenvalue weighted by atomic mass is 10.1. The van der Waals surface area contributed by atoms with Crippen molar-refractivity contribution < 1.29 is 19.2 Å². The number of hydrogen-bond acceptors (Lipinski definition) is 8. The monoisotopic (exact) mass is 1010 g/mol. The highest BCUT2D eigenvalue weighted by Crippen LogP contribution is 2.50. The number of carbonyl (C=O) groups excluding carboxylic acids is 4. The van der Waals surface area contributed by atoms with Crippen molar-refractivity contribution in [3.8, 4) is 22.3 Å². The Morgan fingerprint density at radius 2 is 0.944 bits per heavy atom. The van der Waals surface area contributed by atoms with E-state index in [4.69, 9.17) is 0 Å². The number of thioether (sulfide) groups is 1. The predicted molar refractivity (Wildman–Crippen MR) is 299 cm³/mol. The highest BCUT2D eigenvalue weighted by atomic mass is 32.2. The molecule has 11 heteroatoms. The van der Waals surface area contributed by atoms with Crippen LogP contribution in [-0.2, 0) is 14.4 Å². The average molecular weight is 1010 g/mol. The Bertz CT molecular complexity index is 3040. The van der Waals surface area contributed by atoms with E-state index in [1.807, 2.05) is 46.2 Å². The molecule has 72 heavy (non-hydrogen) atoms. The van der Waals surface area contributed by atoms with Crippen LogP contribution in [0.25, 0.3) is 27.9 Å². The second-order valence-corrected chi connectivity index (χ2v) is 21.6. The Morgan fingerprint density at radius 3 is 1.46 bits per heavy atom. The van der Waals surface area contributed by atoms with Crippen molar-refractivity contribution in [2.45, 2.75) is 90.9 Å². The molecule has 0 unspecified atom stereocenters. The molecule has 0 saturated carbocycles. The Hall–Kier alpha value is -6.71. The number of amides is 4. The van der Waals surface area contributed by atoms with Crippen LogP contribution in [0.3, 0.4) is 0 Å². The first kappa shape index (κ1) is 50.2. The van der Waals surface area contributed by atoms with Crippen LogP contribution in [0.4, 0.5) is 21.9 Å². The van der Waals surface area contributed by atoms with Crippen molar-refractivity contribution in [2.75, 3.05) is 25.0 Å². The summed E-state index contributed by atoms with van der Waals surface area (Å²) in [5.74, 6) is 6.11. The molecule has 5 heterocycles. The van der Waals surface area contributed by atoms with Crippen molar-refractivity contribution in [2.24, 2.45) is 0 Å². The lowest BCUT2D eigenvalue weighted by molar-refractivity contribution is -0.124. The molecule has 3 aliphatic rings. The molecule has 0 N–H and O–H groups in total. The van der Waals surface area contributed by atoms with Crippen molar-refractivity contribution in [3.05, 3.63) is 175 Å². The lowest BCUT2D eigenvalue weighted by Gasteiger charge is -2.25. The Labute approximate surface area is 436 Å². The Morgan fingerprint density at radius 1 is 0.486 bits per heavy atom. The van der Waals surface area contributed by atoms with E-state index in [0.717, 1.165) is 128 Å². The predicted octanol–water partition coefficient (Wildman–Crippen LogP) is 15.5. The molecule has 1 fully saturated rings. The van der Waals surface area contributed by atoms with Gasteiger partial charge in [0.15, 0.2) is 0 Å². The molecular formula is C61H60N4O4S3. The van der Waals surface area contributed by atoms with Gasteiger partial charge in [0.05, 0.1) is 37.2 Å². The van der Waals surface area contributed by atoms with Gasteiger partial charge in [-0.3, -0.25) is 24.1 Å². The summed E-state index contributed by atoms with van der Waals surface area (Å²) in [6.07, 6.45) is 14.6. The van der Waals surface area contributed by atoms with E-state index in [9.17, 15) is 9.59 Å². The van der Waals surface area contributed by atoms with Crippen LogP contribution in [0.1, 0.15) is 117 Å². The minimum atomic E-state index is -0.332. The summed E-state index contributed by atoms with van der Waals surface area (Å²) in [6.45, 7) is 5.45. The number of imide groups is 1. The van der Waals surface area contributed by atoms with Gasteiger partial charge in [-0.15, -0.1) is 22.7 Å². The molecule has 9 rings (SSSR count). The SMILES string of the molecule is CCCCCCCCN1C(=O)C2=C(c3ccc(-c4ccc(C#Cc5ccc(N(c6ccccc6)c6ccccc6)cc5)cc4)s3)N(CCCCCCCC)C(=O)C2=C1c1ccc(/C=C2\SC(=O)N(C)C2=O)s1. The minimum absolute atomic E-state index is 0.137. The summed E-state index contributed by atoms with van der Waals surface area (Å²) < 4.78 is 0. The molecule has 8 nitrogen and oxygen atoms in total.